The number of hydrogen-bond acceptors (Lipinski definition) is 4. The molecule has 0 aliphatic carbocycles. The van der Waals surface area contributed by atoms with Crippen LogP contribution in [0, 0.1) is 0 Å². The fourth-order valence-corrected chi connectivity index (χ4v) is 4.46. The van der Waals surface area contributed by atoms with E-state index >= 15 is 0 Å². The number of pyridine rings is 1. The first-order chi connectivity index (χ1) is 13.0. The molecule has 2 heterocycles. The van der Waals surface area contributed by atoms with Crippen molar-refractivity contribution < 1.29 is 4.79 Å². The van der Waals surface area contributed by atoms with E-state index in [1.54, 1.807) is 0 Å². The Morgan fingerprint density at radius 2 is 1.81 bits per heavy atom. The van der Waals surface area contributed by atoms with Gasteiger partial charge in [-0.1, -0.05) is 57.9 Å². The number of carbonyl (C=O) groups is 1. The zero-order valence-electron chi connectivity index (χ0n) is 14.1. The van der Waals surface area contributed by atoms with Gasteiger partial charge in [0.15, 0.2) is 5.78 Å². The Morgan fingerprint density at radius 1 is 1.07 bits per heavy atom. The summed E-state index contributed by atoms with van der Waals surface area (Å²) < 4.78 is 0.918. The Morgan fingerprint density at radius 3 is 2.56 bits per heavy atom. The van der Waals surface area contributed by atoms with Crippen LogP contribution in [0.1, 0.15) is 15.2 Å². The summed E-state index contributed by atoms with van der Waals surface area (Å²) in [6.45, 7) is 0. The van der Waals surface area contributed by atoms with Gasteiger partial charge in [-0.2, -0.15) is 0 Å². The Kier molecular flexibility index (Phi) is 5.00. The minimum Gasteiger partial charge on any atom is -0.397 e. The molecule has 2 N–H and O–H groups in total. The summed E-state index contributed by atoms with van der Waals surface area (Å²) in [4.78, 5) is 18.8. The van der Waals surface area contributed by atoms with E-state index in [2.05, 4.69) is 15.9 Å². The Labute approximate surface area is 173 Å². The van der Waals surface area contributed by atoms with Gasteiger partial charge in [0.25, 0.3) is 0 Å². The van der Waals surface area contributed by atoms with Gasteiger partial charge >= 0.3 is 0 Å². The second-order valence-corrected chi connectivity index (χ2v) is 8.38. The normalized spacial score (nSPS) is 11.0. The van der Waals surface area contributed by atoms with Crippen molar-refractivity contribution in [3.05, 3.63) is 80.6 Å². The average Bonchev–Trinajstić information content (AvgIpc) is 3.00. The number of halogens is 2. The number of aromatic nitrogens is 1. The van der Waals surface area contributed by atoms with Crippen LogP contribution in [-0.4, -0.2) is 10.8 Å². The van der Waals surface area contributed by atoms with E-state index < -0.39 is 0 Å². The molecule has 0 bridgehead atoms. The SMILES string of the molecule is Nc1c(C(=O)Cc2ccccc2Br)sc2nc(-c3ccc(Cl)cc3)ccc12. The molecule has 0 spiro atoms. The van der Waals surface area contributed by atoms with E-state index in [0.717, 1.165) is 31.5 Å². The molecular formula is C21H14BrClN2OS. The molecule has 3 nitrogen and oxygen atoms in total. The van der Waals surface area contributed by atoms with Gasteiger partial charge in [0.1, 0.15) is 4.83 Å². The van der Waals surface area contributed by atoms with E-state index in [-0.39, 0.29) is 5.78 Å². The van der Waals surface area contributed by atoms with Crippen LogP contribution in [0.15, 0.2) is 65.1 Å². The fourth-order valence-electron chi connectivity index (χ4n) is 2.88. The topological polar surface area (TPSA) is 56.0 Å². The highest BCUT2D eigenvalue weighted by Crippen LogP contribution is 2.35. The molecule has 2 aromatic heterocycles. The Balaban J connectivity index is 1.70. The van der Waals surface area contributed by atoms with Gasteiger partial charge in [0.05, 0.1) is 16.3 Å². The second kappa shape index (κ2) is 7.43. The second-order valence-electron chi connectivity index (χ2n) is 6.09. The lowest BCUT2D eigenvalue weighted by Crippen LogP contribution is -2.04. The van der Waals surface area contributed by atoms with Gasteiger partial charge in [-0.05, 0) is 35.9 Å². The predicted octanol–water partition coefficient (Wildman–Crippen LogP) is 6.39. The summed E-state index contributed by atoms with van der Waals surface area (Å²) >= 11 is 10.8. The fraction of sp³-hybridized carbons (Fsp3) is 0.0476. The van der Waals surface area contributed by atoms with E-state index in [0.29, 0.717) is 22.0 Å². The number of nitrogens with two attached hydrogens (primary N) is 1. The average molecular weight is 458 g/mol. The molecule has 0 aliphatic heterocycles. The molecule has 0 aliphatic rings. The molecule has 0 atom stereocenters. The molecule has 0 fully saturated rings. The number of ketones is 1. The van der Waals surface area contributed by atoms with Crippen molar-refractivity contribution in [3.63, 3.8) is 0 Å². The summed E-state index contributed by atoms with van der Waals surface area (Å²) in [7, 11) is 0. The first kappa shape index (κ1) is 18.2. The highest BCUT2D eigenvalue weighted by molar-refractivity contribution is 9.10. The number of thiophene rings is 1. The molecule has 0 amide bonds. The minimum absolute atomic E-state index is 0.00422. The number of nitrogens with zero attached hydrogens (tertiary/aromatic N) is 1. The number of fused-ring (bicyclic) bond motifs is 1. The third-order valence-electron chi connectivity index (χ3n) is 4.30. The first-order valence-electron chi connectivity index (χ1n) is 8.24. The molecule has 134 valence electrons. The zero-order chi connectivity index (χ0) is 19.0. The maximum atomic E-state index is 12.8. The molecule has 0 saturated carbocycles. The number of hydrogen-bond donors (Lipinski definition) is 1. The third-order valence-corrected chi connectivity index (χ3v) is 6.48. The Hall–Kier alpha value is -2.21. The predicted molar refractivity (Wildman–Crippen MR) is 117 cm³/mol. The minimum atomic E-state index is -0.00422. The molecule has 4 aromatic rings. The standard InChI is InChI=1S/C21H14BrClN2OS/c22-16-4-2-1-3-13(16)11-18(26)20-19(24)15-9-10-17(25-21(15)27-20)12-5-7-14(23)8-6-12/h1-10H,11,24H2. The number of rotatable bonds is 4. The van der Waals surface area contributed by atoms with E-state index in [9.17, 15) is 4.79 Å². The molecule has 0 saturated heterocycles. The van der Waals surface area contributed by atoms with E-state index in [4.69, 9.17) is 22.3 Å². The highest BCUT2D eigenvalue weighted by atomic mass is 79.9. The lowest BCUT2D eigenvalue weighted by molar-refractivity contribution is 0.0997. The zero-order valence-corrected chi connectivity index (χ0v) is 17.2. The summed E-state index contributed by atoms with van der Waals surface area (Å²) in [6.07, 6.45) is 0.294. The van der Waals surface area contributed by atoms with Gasteiger partial charge in [0, 0.05) is 26.9 Å². The van der Waals surface area contributed by atoms with Gasteiger partial charge in [-0.25, -0.2) is 4.98 Å². The van der Waals surface area contributed by atoms with Crippen molar-refractivity contribution >= 4 is 60.6 Å². The van der Waals surface area contributed by atoms with Crippen molar-refractivity contribution in [2.24, 2.45) is 0 Å². The number of nitrogen functional groups attached to an aromatic ring is 1. The van der Waals surface area contributed by atoms with Gasteiger partial charge < -0.3 is 5.73 Å². The van der Waals surface area contributed by atoms with E-state index in [1.165, 1.54) is 11.3 Å². The van der Waals surface area contributed by atoms with Gasteiger partial charge in [-0.3, -0.25) is 4.79 Å². The number of Topliss-reactive ketones (excluding diaryl/α,β-unsaturated/α-hetero) is 1. The quantitative estimate of drug-likeness (QED) is 0.361. The lowest BCUT2D eigenvalue weighted by Gasteiger charge is -2.03. The number of anilines is 1. The maximum absolute atomic E-state index is 12.8. The van der Waals surface area contributed by atoms with Crippen molar-refractivity contribution in [1.82, 2.24) is 4.98 Å². The van der Waals surface area contributed by atoms with Crippen molar-refractivity contribution in [2.75, 3.05) is 5.73 Å². The van der Waals surface area contributed by atoms with Crippen molar-refractivity contribution in [1.29, 1.82) is 0 Å². The van der Waals surface area contributed by atoms with Crippen LogP contribution in [0.3, 0.4) is 0 Å². The van der Waals surface area contributed by atoms with Crippen LogP contribution in [-0.2, 0) is 6.42 Å². The van der Waals surface area contributed by atoms with Gasteiger partial charge in [0.2, 0.25) is 0 Å². The molecular weight excluding hydrogens is 444 g/mol. The summed E-state index contributed by atoms with van der Waals surface area (Å²) in [5.74, 6) is -0.00422. The smallest absolute Gasteiger partial charge is 0.179 e. The number of benzene rings is 2. The van der Waals surface area contributed by atoms with Crippen molar-refractivity contribution in [3.8, 4) is 11.3 Å². The number of carbonyl (C=O) groups excluding carboxylic acids is 1. The molecule has 0 unspecified atom stereocenters. The Bertz CT molecular complexity index is 1150. The lowest BCUT2D eigenvalue weighted by atomic mass is 10.1. The van der Waals surface area contributed by atoms with Crippen LogP contribution < -0.4 is 5.73 Å². The summed E-state index contributed by atoms with van der Waals surface area (Å²) in [5, 5.41) is 1.49. The van der Waals surface area contributed by atoms with Crippen molar-refractivity contribution in [2.45, 2.75) is 6.42 Å². The third kappa shape index (κ3) is 3.63. The van der Waals surface area contributed by atoms with E-state index in [1.807, 2.05) is 60.7 Å². The van der Waals surface area contributed by atoms with Crippen LogP contribution in [0.5, 0.6) is 0 Å². The van der Waals surface area contributed by atoms with Crippen LogP contribution in [0.25, 0.3) is 21.5 Å². The molecule has 27 heavy (non-hydrogen) atoms. The monoisotopic (exact) mass is 456 g/mol. The maximum Gasteiger partial charge on any atom is 0.179 e. The summed E-state index contributed by atoms with van der Waals surface area (Å²) in [6, 6.07) is 19.0. The first-order valence-corrected chi connectivity index (χ1v) is 10.2. The van der Waals surface area contributed by atoms with Gasteiger partial charge in [-0.15, -0.1) is 11.3 Å². The summed E-state index contributed by atoms with van der Waals surface area (Å²) in [5.41, 5.74) is 9.49. The van der Waals surface area contributed by atoms with Crippen LogP contribution in [0.2, 0.25) is 5.02 Å². The molecule has 0 radical (unpaired) electrons. The van der Waals surface area contributed by atoms with Crippen LogP contribution >= 0.6 is 38.9 Å². The molecule has 2 aromatic carbocycles. The molecule has 4 rings (SSSR count). The van der Waals surface area contributed by atoms with Crippen LogP contribution in [0.4, 0.5) is 5.69 Å². The highest BCUT2D eigenvalue weighted by Gasteiger charge is 2.18. The molecule has 6 heteroatoms. The largest absolute Gasteiger partial charge is 0.397 e.